The minimum Gasteiger partial charge on any atom is -0.500 e. The Morgan fingerprint density at radius 2 is 2.07 bits per heavy atom. The van der Waals surface area contributed by atoms with Gasteiger partial charge >= 0.3 is 0 Å². The van der Waals surface area contributed by atoms with E-state index in [9.17, 15) is 4.79 Å². The number of ketones is 1. The first kappa shape index (κ1) is 10.3. The topological polar surface area (TPSA) is 26.3 Å². The van der Waals surface area contributed by atoms with E-state index in [2.05, 4.69) is 0 Å². The van der Waals surface area contributed by atoms with Crippen molar-refractivity contribution in [2.75, 3.05) is 12.9 Å². The molecule has 1 aliphatic heterocycles. The molecule has 0 aromatic heterocycles. The maximum Gasteiger partial charge on any atom is 0.192 e. The van der Waals surface area contributed by atoms with Crippen LogP contribution in [0.4, 0.5) is 0 Å². The zero-order valence-corrected chi connectivity index (χ0v) is 9.34. The molecule has 0 saturated heterocycles. The molecule has 1 aromatic carbocycles. The summed E-state index contributed by atoms with van der Waals surface area (Å²) in [4.78, 5) is 13.1. The van der Waals surface area contributed by atoms with Crippen LogP contribution in [0.5, 0.6) is 0 Å². The highest BCUT2D eigenvalue weighted by Crippen LogP contribution is 2.19. The van der Waals surface area contributed by atoms with Crippen molar-refractivity contribution < 1.29 is 9.53 Å². The molecule has 3 heteroatoms. The van der Waals surface area contributed by atoms with Gasteiger partial charge in [0.2, 0.25) is 0 Å². The second-order valence-corrected chi connectivity index (χ2v) is 4.20. The maximum atomic E-state index is 11.9. The Balaban J connectivity index is 2.18. The quantitative estimate of drug-likeness (QED) is 0.578. The number of carbonyl (C=O) groups is 1. The molecule has 2 rings (SSSR count). The van der Waals surface area contributed by atoms with Gasteiger partial charge in [0, 0.05) is 22.5 Å². The molecule has 1 aromatic rings. The highest BCUT2D eigenvalue weighted by molar-refractivity contribution is 7.98. The van der Waals surface area contributed by atoms with Crippen LogP contribution in [0.15, 0.2) is 41.0 Å². The third kappa shape index (κ3) is 2.23. The lowest BCUT2D eigenvalue weighted by Crippen LogP contribution is -2.01. The summed E-state index contributed by atoms with van der Waals surface area (Å²) in [5.41, 5.74) is 1.51. The Kier molecular flexibility index (Phi) is 3.11. The largest absolute Gasteiger partial charge is 0.500 e. The highest BCUT2D eigenvalue weighted by Gasteiger charge is 2.16. The summed E-state index contributed by atoms with van der Waals surface area (Å²) in [6.45, 7) is 0.629. The van der Waals surface area contributed by atoms with E-state index in [1.165, 1.54) is 4.90 Å². The van der Waals surface area contributed by atoms with Gasteiger partial charge in [0.05, 0.1) is 12.9 Å². The van der Waals surface area contributed by atoms with Gasteiger partial charge in [-0.3, -0.25) is 4.79 Å². The van der Waals surface area contributed by atoms with Crippen molar-refractivity contribution in [2.24, 2.45) is 0 Å². The van der Waals surface area contributed by atoms with Crippen LogP contribution in [0, 0.1) is 0 Å². The molecule has 0 fully saturated rings. The summed E-state index contributed by atoms with van der Waals surface area (Å²) in [6.07, 6.45) is 4.32. The SMILES string of the molecule is CSc1ccc(C(=O)C2=COCC2)cc1. The fraction of sp³-hybridized carbons (Fsp3) is 0.250. The number of thioether (sulfide) groups is 1. The van der Waals surface area contributed by atoms with Gasteiger partial charge < -0.3 is 4.74 Å². The van der Waals surface area contributed by atoms with Gasteiger partial charge in [0.15, 0.2) is 5.78 Å². The van der Waals surface area contributed by atoms with Gasteiger partial charge in [-0.1, -0.05) is 0 Å². The number of carbonyl (C=O) groups excluding carboxylic acids is 1. The average molecular weight is 220 g/mol. The molecule has 1 heterocycles. The Morgan fingerprint density at radius 1 is 1.33 bits per heavy atom. The molecular weight excluding hydrogens is 208 g/mol. The lowest BCUT2D eigenvalue weighted by Gasteiger charge is -2.01. The van der Waals surface area contributed by atoms with E-state index in [4.69, 9.17) is 4.74 Å². The van der Waals surface area contributed by atoms with Crippen LogP contribution in [-0.2, 0) is 4.74 Å². The lowest BCUT2D eigenvalue weighted by molar-refractivity contribution is 0.103. The van der Waals surface area contributed by atoms with Crippen LogP contribution in [-0.4, -0.2) is 18.6 Å². The molecule has 0 amide bonds. The van der Waals surface area contributed by atoms with Crippen LogP contribution in [0.1, 0.15) is 16.8 Å². The van der Waals surface area contributed by atoms with Gasteiger partial charge in [-0.15, -0.1) is 11.8 Å². The minimum atomic E-state index is 0.0835. The van der Waals surface area contributed by atoms with E-state index in [0.29, 0.717) is 6.61 Å². The molecule has 2 nitrogen and oxygen atoms in total. The summed E-state index contributed by atoms with van der Waals surface area (Å²) in [5.74, 6) is 0.0835. The van der Waals surface area contributed by atoms with Crippen LogP contribution >= 0.6 is 11.8 Å². The zero-order chi connectivity index (χ0) is 10.7. The molecule has 0 bridgehead atoms. The van der Waals surface area contributed by atoms with Gasteiger partial charge in [0.1, 0.15) is 0 Å². The molecule has 15 heavy (non-hydrogen) atoms. The van der Waals surface area contributed by atoms with Crippen molar-refractivity contribution >= 4 is 17.5 Å². The fourth-order valence-corrected chi connectivity index (χ4v) is 1.89. The van der Waals surface area contributed by atoms with E-state index < -0.39 is 0 Å². The van der Waals surface area contributed by atoms with Crippen LogP contribution in [0.25, 0.3) is 0 Å². The summed E-state index contributed by atoms with van der Waals surface area (Å²) >= 11 is 1.67. The third-order valence-corrected chi connectivity index (χ3v) is 3.10. The first-order valence-electron chi connectivity index (χ1n) is 4.80. The van der Waals surface area contributed by atoms with Gasteiger partial charge in [0.25, 0.3) is 0 Å². The molecule has 1 aliphatic rings. The Bertz CT molecular complexity index is 393. The van der Waals surface area contributed by atoms with Crippen LogP contribution in [0.2, 0.25) is 0 Å². The van der Waals surface area contributed by atoms with E-state index >= 15 is 0 Å². The minimum absolute atomic E-state index is 0.0835. The van der Waals surface area contributed by atoms with Crippen molar-refractivity contribution in [1.29, 1.82) is 0 Å². The smallest absolute Gasteiger partial charge is 0.192 e. The normalized spacial score (nSPS) is 14.6. The zero-order valence-electron chi connectivity index (χ0n) is 8.53. The number of benzene rings is 1. The molecule has 0 spiro atoms. The molecule has 0 radical (unpaired) electrons. The number of ether oxygens (including phenoxy) is 1. The van der Waals surface area contributed by atoms with Crippen LogP contribution < -0.4 is 0 Å². The number of Topliss-reactive ketones (excluding diaryl/α,β-unsaturated/α-hetero) is 1. The van der Waals surface area contributed by atoms with E-state index in [0.717, 1.165) is 17.6 Å². The summed E-state index contributed by atoms with van der Waals surface area (Å²) in [5, 5.41) is 0. The van der Waals surface area contributed by atoms with Gasteiger partial charge in [-0.2, -0.15) is 0 Å². The number of hydrogen-bond donors (Lipinski definition) is 0. The Labute approximate surface area is 93.3 Å². The van der Waals surface area contributed by atoms with Gasteiger partial charge in [-0.25, -0.2) is 0 Å². The standard InChI is InChI=1S/C12H12O2S/c1-15-11-4-2-9(3-5-11)12(13)10-6-7-14-8-10/h2-5,8H,6-7H2,1H3. The van der Waals surface area contributed by atoms with Crippen molar-refractivity contribution in [2.45, 2.75) is 11.3 Å². The molecular formula is C12H12O2S. The van der Waals surface area contributed by atoms with Crippen molar-refractivity contribution in [3.8, 4) is 0 Å². The highest BCUT2D eigenvalue weighted by atomic mass is 32.2. The fourth-order valence-electron chi connectivity index (χ4n) is 1.48. The van der Waals surface area contributed by atoms with Crippen LogP contribution in [0.3, 0.4) is 0 Å². The van der Waals surface area contributed by atoms with E-state index in [1.807, 2.05) is 30.5 Å². The Hall–Kier alpha value is -1.22. The van der Waals surface area contributed by atoms with Crippen molar-refractivity contribution in [3.63, 3.8) is 0 Å². The molecule has 0 saturated carbocycles. The first-order valence-corrected chi connectivity index (χ1v) is 6.03. The van der Waals surface area contributed by atoms with Crippen molar-refractivity contribution in [1.82, 2.24) is 0 Å². The molecule has 0 N–H and O–H groups in total. The third-order valence-electron chi connectivity index (χ3n) is 2.36. The van der Waals surface area contributed by atoms with E-state index in [-0.39, 0.29) is 5.78 Å². The van der Waals surface area contributed by atoms with Gasteiger partial charge in [-0.05, 0) is 30.5 Å². The lowest BCUT2D eigenvalue weighted by atomic mass is 10.0. The number of hydrogen-bond acceptors (Lipinski definition) is 3. The summed E-state index contributed by atoms with van der Waals surface area (Å²) in [6, 6.07) is 7.67. The van der Waals surface area contributed by atoms with E-state index in [1.54, 1.807) is 18.0 Å². The van der Waals surface area contributed by atoms with Crippen molar-refractivity contribution in [3.05, 3.63) is 41.7 Å². The first-order chi connectivity index (χ1) is 7.31. The second kappa shape index (κ2) is 4.53. The molecule has 0 aliphatic carbocycles. The molecule has 0 atom stereocenters. The molecule has 0 unspecified atom stereocenters. The summed E-state index contributed by atoms with van der Waals surface area (Å²) in [7, 11) is 0. The summed E-state index contributed by atoms with van der Waals surface area (Å²) < 4.78 is 5.06. The molecule has 78 valence electrons. The monoisotopic (exact) mass is 220 g/mol. The predicted octanol–water partition coefficient (Wildman–Crippen LogP) is 2.90. The Morgan fingerprint density at radius 3 is 2.60 bits per heavy atom. The average Bonchev–Trinajstić information content (AvgIpc) is 2.82. The predicted molar refractivity (Wildman–Crippen MR) is 61.2 cm³/mol. The second-order valence-electron chi connectivity index (χ2n) is 3.32. The maximum absolute atomic E-state index is 11.9. The number of rotatable bonds is 3.